The van der Waals surface area contributed by atoms with E-state index in [9.17, 15) is 4.79 Å². The summed E-state index contributed by atoms with van der Waals surface area (Å²) in [5.41, 5.74) is 0.587. The number of aliphatic imine (C=N–C) groups is 1. The first-order valence-corrected chi connectivity index (χ1v) is 4.90. The molecule has 0 spiro atoms. The van der Waals surface area contributed by atoms with Crippen molar-refractivity contribution in [2.45, 2.75) is 20.8 Å². The molecule has 2 rings (SSSR count). The van der Waals surface area contributed by atoms with Gasteiger partial charge in [-0.15, -0.1) is 0 Å². The van der Waals surface area contributed by atoms with Gasteiger partial charge < -0.3 is 4.84 Å². The van der Waals surface area contributed by atoms with Gasteiger partial charge in [0.05, 0.1) is 6.54 Å². The second-order valence-corrected chi connectivity index (χ2v) is 4.70. The van der Waals surface area contributed by atoms with Crippen LogP contribution >= 0.6 is 0 Å². The third-order valence-corrected chi connectivity index (χ3v) is 2.30. The van der Waals surface area contributed by atoms with Crippen molar-refractivity contribution in [3.63, 3.8) is 0 Å². The maximum atomic E-state index is 10.6. The van der Waals surface area contributed by atoms with Gasteiger partial charge in [-0.25, -0.2) is 4.99 Å². The Bertz CT molecular complexity index is 386. The summed E-state index contributed by atoms with van der Waals surface area (Å²) in [4.78, 5) is 20.4. The van der Waals surface area contributed by atoms with Crippen LogP contribution in [0.25, 0.3) is 0 Å². The highest BCUT2D eigenvalue weighted by atomic mass is 16.7. The second kappa shape index (κ2) is 3.22. The van der Waals surface area contributed by atoms with Gasteiger partial charge >= 0.3 is 0 Å². The van der Waals surface area contributed by atoms with E-state index in [0.29, 0.717) is 12.1 Å². The van der Waals surface area contributed by atoms with Crippen molar-refractivity contribution < 1.29 is 9.63 Å². The smallest absolute Gasteiger partial charge is 0.167 e. The molecule has 0 bridgehead atoms. The average molecular weight is 206 g/mol. The molecule has 0 saturated carbocycles. The van der Waals surface area contributed by atoms with Crippen LogP contribution in [-0.2, 0) is 9.63 Å². The summed E-state index contributed by atoms with van der Waals surface area (Å²) in [6.07, 6.45) is 4.31. The van der Waals surface area contributed by atoms with Crippen LogP contribution in [0.3, 0.4) is 0 Å². The number of hydroxylamine groups is 2. The third kappa shape index (κ3) is 1.79. The van der Waals surface area contributed by atoms with E-state index in [1.54, 1.807) is 11.3 Å². The van der Waals surface area contributed by atoms with Crippen molar-refractivity contribution >= 4 is 12.1 Å². The number of carbonyl (C=O) groups is 1. The largest absolute Gasteiger partial charge is 0.382 e. The van der Waals surface area contributed by atoms with Gasteiger partial charge in [0, 0.05) is 23.3 Å². The van der Waals surface area contributed by atoms with Crippen LogP contribution in [0.5, 0.6) is 0 Å². The normalized spacial score (nSPS) is 19.9. The number of allylic oxidation sites excluding steroid dienone is 1. The summed E-state index contributed by atoms with van der Waals surface area (Å²) < 4.78 is 0. The van der Waals surface area contributed by atoms with E-state index in [1.807, 2.05) is 6.08 Å². The highest BCUT2D eigenvalue weighted by Gasteiger charge is 2.31. The van der Waals surface area contributed by atoms with Gasteiger partial charge in [-0.05, 0) is 0 Å². The van der Waals surface area contributed by atoms with E-state index in [2.05, 4.69) is 25.8 Å². The molecule has 0 aromatic rings. The molecule has 0 unspecified atom stereocenters. The van der Waals surface area contributed by atoms with Crippen molar-refractivity contribution in [3.05, 3.63) is 23.6 Å². The summed E-state index contributed by atoms with van der Waals surface area (Å²) in [5, 5.41) is 1.64. The van der Waals surface area contributed by atoms with Crippen LogP contribution in [0.1, 0.15) is 20.8 Å². The zero-order chi connectivity index (χ0) is 11.1. The number of hydrogen-bond donors (Lipinski definition) is 0. The maximum Gasteiger partial charge on any atom is 0.167 e. The lowest BCUT2D eigenvalue weighted by atomic mass is 9.94. The van der Waals surface area contributed by atoms with E-state index in [0.717, 1.165) is 17.9 Å². The van der Waals surface area contributed by atoms with Crippen LogP contribution in [0.2, 0.25) is 0 Å². The monoisotopic (exact) mass is 206 g/mol. The van der Waals surface area contributed by atoms with Gasteiger partial charge in [0.25, 0.3) is 0 Å². The van der Waals surface area contributed by atoms with Gasteiger partial charge in [0.1, 0.15) is 12.0 Å². The van der Waals surface area contributed by atoms with E-state index < -0.39 is 0 Å². The van der Waals surface area contributed by atoms with Crippen molar-refractivity contribution in [3.8, 4) is 0 Å². The molecule has 15 heavy (non-hydrogen) atoms. The molecule has 0 aliphatic carbocycles. The van der Waals surface area contributed by atoms with Gasteiger partial charge in [-0.3, -0.25) is 4.79 Å². The molecule has 0 aromatic carbocycles. The zero-order valence-corrected chi connectivity index (χ0v) is 9.15. The van der Waals surface area contributed by atoms with Crippen LogP contribution in [0, 0.1) is 5.41 Å². The fourth-order valence-electron chi connectivity index (χ4n) is 1.37. The van der Waals surface area contributed by atoms with Crippen molar-refractivity contribution in [2.75, 3.05) is 6.54 Å². The van der Waals surface area contributed by atoms with Crippen LogP contribution in [0.15, 0.2) is 28.6 Å². The molecule has 4 nitrogen and oxygen atoms in total. The van der Waals surface area contributed by atoms with Crippen molar-refractivity contribution in [1.82, 2.24) is 5.06 Å². The van der Waals surface area contributed by atoms with E-state index in [1.165, 1.54) is 0 Å². The average Bonchev–Trinajstić information content (AvgIpc) is 2.59. The Morgan fingerprint density at radius 3 is 2.87 bits per heavy atom. The number of fused-ring (bicyclic) bond motifs is 1. The maximum absolute atomic E-state index is 10.6. The first-order chi connectivity index (χ1) is 7.00. The van der Waals surface area contributed by atoms with E-state index in [4.69, 9.17) is 4.84 Å². The zero-order valence-electron chi connectivity index (χ0n) is 9.15. The Balaban J connectivity index is 2.24. The predicted molar refractivity (Wildman–Crippen MR) is 56.9 cm³/mol. The minimum absolute atomic E-state index is 0.0405. The van der Waals surface area contributed by atoms with Gasteiger partial charge in [-0.2, -0.15) is 5.06 Å². The lowest BCUT2D eigenvalue weighted by Gasteiger charge is -2.24. The van der Waals surface area contributed by atoms with Gasteiger partial charge in [0.2, 0.25) is 0 Å². The molecule has 0 fully saturated rings. The Morgan fingerprint density at radius 2 is 2.27 bits per heavy atom. The Labute approximate surface area is 88.9 Å². The van der Waals surface area contributed by atoms with Crippen molar-refractivity contribution in [2.24, 2.45) is 10.4 Å². The fraction of sp³-hybridized carbons (Fsp3) is 0.455. The van der Waals surface area contributed by atoms with Gasteiger partial charge in [-0.1, -0.05) is 20.8 Å². The SMILES string of the molecule is CC(C)(C)C1=CC2=NC=C(C=O)CN2O1. The minimum Gasteiger partial charge on any atom is -0.382 e. The number of aldehydes is 1. The number of hydrogen-bond acceptors (Lipinski definition) is 4. The molecule has 80 valence electrons. The molecular weight excluding hydrogens is 192 g/mol. The molecule has 0 atom stereocenters. The quantitative estimate of drug-likeness (QED) is 0.613. The molecule has 2 aliphatic heterocycles. The Hall–Kier alpha value is -1.58. The summed E-state index contributed by atoms with van der Waals surface area (Å²) in [7, 11) is 0. The molecule has 2 aliphatic rings. The summed E-state index contributed by atoms with van der Waals surface area (Å²) in [6.45, 7) is 6.70. The molecule has 0 aromatic heterocycles. The molecule has 4 heteroatoms. The first-order valence-electron chi connectivity index (χ1n) is 4.90. The second-order valence-electron chi connectivity index (χ2n) is 4.70. The standard InChI is InChI=1S/C11H14N2O2/c1-11(2,3)9-4-10-12-5-8(7-14)6-13(10)15-9/h4-5,7H,6H2,1-3H3. The van der Waals surface area contributed by atoms with Crippen LogP contribution in [-0.4, -0.2) is 23.7 Å². The molecule has 0 amide bonds. The minimum atomic E-state index is -0.0405. The summed E-state index contributed by atoms with van der Waals surface area (Å²) in [5.74, 6) is 1.65. The summed E-state index contributed by atoms with van der Waals surface area (Å²) >= 11 is 0. The van der Waals surface area contributed by atoms with Gasteiger partial charge in [0.15, 0.2) is 5.84 Å². The summed E-state index contributed by atoms with van der Waals surface area (Å²) in [6, 6.07) is 0. The van der Waals surface area contributed by atoms with Crippen LogP contribution in [0.4, 0.5) is 0 Å². The third-order valence-electron chi connectivity index (χ3n) is 2.30. The Kier molecular flexibility index (Phi) is 2.14. The molecule has 0 radical (unpaired) electrons. The molecule has 2 heterocycles. The number of carbonyl (C=O) groups excluding carboxylic acids is 1. The molecule has 0 saturated heterocycles. The lowest BCUT2D eigenvalue weighted by molar-refractivity contribution is -0.106. The predicted octanol–water partition coefficient (Wildman–Crippen LogP) is 1.66. The highest BCUT2D eigenvalue weighted by molar-refractivity contribution is 5.96. The Morgan fingerprint density at radius 1 is 1.53 bits per heavy atom. The fourth-order valence-corrected chi connectivity index (χ4v) is 1.37. The molecular formula is C11H14N2O2. The van der Waals surface area contributed by atoms with Crippen LogP contribution < -0.4 is 0 Å². The highest BCUT2D eigenvalue weighted by Crippen LogP contribution is 2.32. The van der Waals surface area contributed by atoms with E-state index in [-0.39, 0.29) is 5.41 Å². The molecule has 0 N–H and O–H groups in total. The number of amidine groups is 1. The lowest BCUT2D eigenvalue weighted by Crippen LogP contribution is -2.30. The first kappa shape index (κ1) is 9.96. The topological polar surface area (TPSA) is 41.9 Å². The van der Waals surface area contributed by atoms with Crippen molar-refractivity contribution in [1.29, 1.82) is 0 Å². The van der Waals surface area contributed by atoms with E-state index >= 15 is 0 Å². The number of rotatable bonds is 1. The number of nitrogens with zero attached hydrogens (tertiary/aromatic N) is 2.